The van der Waals surface area contributed by atoms with Crippen molar-refractivity contribution < 1.29 is 24.3 Å². The lowest BCUT2D eigenvalue weighted by atomic mass is 9.85. The van der Waals surface area contributed by atoms with Gasteiger partial charge in [-0.1, -0.05) is 115 Å². The lowest BCUT2D eigenvalue weighted by Crippen LogP contribution is -2.57. The highest BCUT2D eigenvalue weighted by molar-refractivity contribution is 7.13. The van der Waals surface area contributed by atoms with E-state index in [1.807, 2.05) is 57.5 Å². The molecule has 1 aliphatic heterocycles. The highest BCUT2D eigenvalue weighted by Crippen LogP contribution is 2.28. The minimum absolute atomic E-state index is 0.000665. The van der Waals surface area contributed by atoms with Crippen LogP contribution in [0, 0.1) is 12.3 Å². The maximum absolute atomic E-state index is 13.9. The van der Waals surface area contributed by atoms with E-state index >= 15 is 0 Å². The van der Waals surface area contributed by atoms with Gasteiger partial charge in [0.15, 0.2) is 0 Å². The van der Waals surface area contributed by atoms with Crippen molar-refractivity contribution in [2.75, 3.05) is 13.1 Å². The standard InChI is InChI=1S/C44H69N5O5S/c1-6-7-8-9-10-11-12-13-14-15-16-17-18-19-20-22-38(51)45-28-21-23-39(52)48-41(44(3,4)5)43(54)49-31-36(50)29-37(49)42(53)46-30-34-24-26-35(27-25-34)40-33(2)47-32-55-40/h13-14,24-27,32,36-37,41,50H,6-12,15-23,28-31H2,1-5H3,(H,45,51)(H,46,53)(H,48,52). The Morgan fingerprint density at radius 3 is 2.11 bits per heavy atom. The molecule has 4 N–H and O–H groups in total. The Morgan fingerprint density at radius 2 is 1.49 bits per heavy atom. The molecule has 1 fully saturated rings. The number of aliphatic hydroxyl groups excluding tert-OH is 1. The number of aromatic nitrogens is 1. The van der Waals surface area contributed by atoms with Crippen molar-refractivity contribution in [1.82, 2.24) is 25.8 Å². The summed E-state index contributed by atoms with van der Waals surface area (Å²) in [5.74, 6) is -1.03. The Bertz CT molecular complexity index is 1480. The number of benzene rings is 1. The monoisotopic (exact) mass is 780 g/mol. The van der Waals surface area contributed by atoms with Crippen molar-refractivity contribution in [3.8, 4) is 10.4 Å². The van der Waals surface area contributed by atoms with Gasteiger partial charge in [-0.25, -0.2) is 4.98 Å². The van der Waals surface area contributed by atoms with Crippen molar-refractivity contribution in [3.05, 3.63) is 53.2 Å². The molecule has 0 saturated carbocycles. The number of unbranched alkanes of at least 4 members (excludes halogenated alkanes) is 11. The average molecular weight is 780 g/mol. The number of nitrogens with one attached hydrogen (secondary N) is 3. The highest BCUT2D eigenvalue weighted by atomic mass is 32.1. The summed E-state index contributed by atoms with van der Waals surface area (Å²) in [6.07, 6.45) is 20.8. The molecule has 1 aliphatic rings. The fraction of sp³-hybridized carbons (Fsp3) is 0.659. The zero-order valence-electron chi connectivity index (χ0n) is 34.3. The van der Waals surface area contributed by atoms with E-state index in [0.29, 0.717) is 19.4 Å². The Morgan fingerprint density at radius 1 is 0.873 bits per heavy atom. The quantitative estimate of drug-likeness (QED) is 0.0593. The normalized spacial score (nSPS) is 16.4. The lowest BCUT2D eigenvalue weighted by Gasteiger charge is -2.35. The van der Waals surface area contributed by atoms with Crippen LogP contribution in [-0.2, 0) is 25.7 Å². The number of β-amino-alcohol motifs (C(OH)–C–C–N with tert-alkyl or cyclic N) is 1. The summed E-state index contributed by atoms with van der Waals surface area (Å²) >= 11 is 1.58. The molecule has 2 aromatic rings. The third-order valence-electron chi connectivity index (χ3n) is 10.3. The van der Waals surface area contributed by atoms with E-state index in [9.17, 15) is 24.3 Å². The Labute approximate surface area is 334 Å². The molecule has 2 heterocycles. The molecule has 3 unspecified atom stereocenters. The second kappa shape index (κ2) is 24.8. The van der Waals surface area contributed by atoms with Crippen LogP contribution in [0.1, 0.15) is 148 Å². The number of thiazole rings is 1. The van der Waals surface area contributed by atoms with Gasteiger partial charge in [0, 0.05) is 38.9 Å². The maximum Gasteiger partial charge on any atom is 0.246 e. The van der Waals surface area contributed by atoms with Crippen LogP contribution in [0.5, 0.6) is 0 Å². The first-order chi connectivity index (χ1) is 26.4. The van der Waals surface area contributed by atoms with E-state index in [1.54, 1.807) is 11.3 Å². The van der Waals surface area contributed by atoms with E-state index in [0.717, 1.165) is 47.4 Å². The van der Waals surface area contributed by atoms with Crippen molar-refractivity contribution in [2.45, 2.75) is 169 Å². The van der Waals surface area contributed by atoms with Crippen molar-refractivity contribution >= 4 is 35.0 Å². The minimum Gasteiger partial charge on any atom is -0.391 e. The van der Waals surface area contributed by atoms with Crippen LogP contribution < -0.4 is 16.0 Å². The van der Waals surface area contributed by atoms with Crippen LogP contribution in [0.15, 0.2) is 41.9 Å². The van der Waals surface area contributed by atoms with Crippen molar-refractivity contribution in [3.63, 3.8) is 0 Å². The molecule has 0 radical (unpaired) electrons. The van der Waals surface area contributed by atoms with Gasteiger partial charge >= 0.3 is 0 Å². The first-order valence-electron chi connectivity index (χ1n) is 20.9. The molecule has 10 nitrogen and oxygen atoms in total. The fourth-order valence-electron chi connectivity index (χ4n) is 6.93. The summed E-state index contributed by atoms with van der Waals surface area (Å²) in [4.78, 5) is 59.4. The first kappa shape index (κ1) is 45.8. The zero-order chi connectivity index (χ0) is 40.1. The third kappa shape index (κ3) is 17.0. The predicted octanol–water partition coefficient (Wildman–Crippen LogP) is 8.16. The molecule has 4 amide bonds. The second-order valence-corrected chi connectivity index (χ2v) is 17.1. The van der Waals surface area contributed by atoms with Crippen LogP contribution in [0.2, 0.25) is 0 Å². The van der Waals surface area contributed by atoms with Crippen molar-refractivity contribution in [2.24, 2.45) is 5.41 Å². The number of likely N-dealkylation sites (tertiary alicyclic amines) is 1. The molecule has 1 aromatic heterocycles. The summed E-state index contributed by atoms with van der Waals surface area (Å²) in [6, 6.07) is 6.18. The van der Waals surface area contributed by atoms with Gasteiger partial charge < -0.3 is 26.0 Å². The molecule has 11 heteroatoms. The van der Waals surface area contributed by atoms with Gasteiger partial charge in [0.05, 0.1) is 22.2 Å². The van der Waals surface area contributed by atoms with Gasteiger partial charge in [-0.15, -0.1) is 11.3 Å². The fourth-order valence-corrected chi connectivity index (χ4v) is 7.75. The molecule has 1 aromatic carbocycles. The predicted molar refractivity (Wildman–Crippen MR) is 223 cm³/mol. The Balaban J connectivity index is 1.32. The van der Waals surface area contributed by atoms with Crippen LogP contribution in [0.4, 0.5) is 0 Å². The maximum atomic E-state index is 13.9. The molecule has 306 valence electrons. The smallest absolute Gasteiger partial charge is 0.246 e. The Hall–Kier alpha value is -3.57. The largest absolute Gasteiger partial charge is 0.391 e. The van der Waals surface area contributed by atoms with E-state index in [4.69, 9.17) is 0 Å². The number of amides is 4. The van der Waals surface area contributed by atoms with Crippen LogP contribution in [-0.4, -0.2) is 69.9 Å². The number of hydrogen-bond acceptors (Lipinski definition) is 7. The number of allylic oxidation sites excluding steroid dienone is 2. The van der Waals surface area contributed by atoms with Gasteiger partial charge in [-0.05, 0) is 62.0 Å². The molecule has 1 saturated heterocycles. The molecule has 55 heavy (non-hydrogen) atoms. The number of nitrogens with zero attached hydrogens (tertiary/aromatic N) is 2. The van der Waals surface area contributed by atoms with Gasteiger partial charge in [0.1, 0.15) is 12.1 Å². The number of carbonyl (C=O) groups excluding carboxylic acids is 4. The first-order valence-corrected chi connectivity index (χ1v) is 21.7. The number of aliphatic hydroxyl groups is 1. The van der Waals surface area contributed by atoms with E-state index in [2.05, 4.69) is 40.0 Å². The summed E-state index contributed by atoms with van der Waals surface area (Å²) in [5.41, 5.74) is 4.13. The number of rotatable bonds is 25. The van der Waals surface area contributed by atoms with Crippen LogP contribution >= 0.6 is 11.3 Å². The van der Waals surface area contributed by atoms with E-state index in [-0.39, 0.29) is 43.7 Å². The SMILES string of the molecule is CCCCCCCCC=CCCCCCCCC(=O)NCCCC(=O)NC(C(=O)N1CC(O)CC1C(=O)NCc1ccc(-c2scnc2C)cc1)C(C)(C)C. The minimum atomic E-state index is -0.890. The van der Waals surface area contributed by atoms with Gasteiger partial charge in [0.25, 0.3) is 0 Å². The molecular formula is C44H69N5O5S. The summed E-state index contributed by atoms with van der Waals surface area (Å²) in [6.45, 7) is 10.5. The summed E-state index contributed by atoms with van der Waals surface area (Å²) < 4.78 is 0. The average Bonchev–Trinajstić information content (AvgIpc) is 3.77. The molecule has 0 bridgehead atoms. The number of carbonyl (C=O) groups is 4. The zero-order valence-corrected chi connectivity index (χ0v) is 35.1. The van der Waals surface area contributed by atoms with Gasteiger partial charge in [-0.3, -0.25) is 19.2 Å². The molecule has 0 spiro atoms. The highest BCUT2D eigenvalue weighted by Gasteiger charge is 2.44. The summed E-state index contributed by atoms with van der Waals surface area (Å²) in [5, 5.41) is 19.3. The van der Waals surface area contributed by atoms with Gasteiger partial charge in [-0.2, -0.15) is 0 Å². The van der Waals surface area contributed by atoms with E-state index < -0.39 is 29.5 Å². The summed E-state index contributed by atoms with van der Waals surface area (Å²) in [7, 11) is 0. The molecule has 3 atom stereocenters. The topological polar surface area (TPSA) is 141 Å². The van der Waals surface area contributed by atoms with E-state index in [1.165, 1.54) is 62.7 Å². The molecular weight excluding hydrogens is 711 g/mol. The second-order valence-electron chi connectivity index (χ2n) is 16.2. The van der Waals surface area contributed by atoms with Gasteiger partial charge in [0.2, 0.25) is 23.6 Å². The van der Waals surface area contributed by atoms with Crippen molar-refractivity contribution in [1.29, 1.82) is 0 Å². The number of hydrogen-bond donors (Lipinski definition) is 4. The Kier molecular flexibility index (Phi) is 20.7. The molecule has 3 rings (SSSR count). The molecule has 0 aliphatic carbocycles. The number of aryl methyl sites for hydroxylation is 1. The van der Waals surface area contributed by atoms with Crippen LogP contribution in [0.25, 0.3) is 10.4 Å². The third-order valence-corrected chi connectivity index (χ3v) is 11.3. The van der Waals surface area contributed by atoms with Crippen LogP contribution in [0.3, 0.4) is 0 Å². The lowest BCUT2D eigenvalue weighted by molar-refractivity contribution is -0.144.